The van der Waals surface area contributed by atoms with E-state index in [1.807, 2.05) is 6.92 Å². The lowest BCUT2D eigenvalue weighted by Crippen LogP contribution is -2.48. The summed E-state index contributed by atoms with van der Waals surface area (Å²) in [5.74, 6) is -1.34. The van der Waals surface area contributed by atoms with Gasteiger partial charge in [0.2, 0.25) is 0 Å². The fraction of sp³-hybridized carbons (Fsp3) is 0.818. The van der Waals surface area contributed by atoms with Crippen molar-refractivity contribution < 1.29 is 24.5 Å². The number of aliphatic hydroxyl groups excluding tert-OH is 1. The van der Waals surface area contributed by atoms with Crippen molar-refractivity contribution in [2.75, 3.05) is 26.2 Å². The Balaban J connectivity index is 2.25. The molecule has 0 radical (unpaired) electrons. The van der Waals surface area contributed by atoms with E-state index in [1.165, 1.54) is 0 Å². The standard InChI is InChI=1S/C11H20N2O5/c1-2-18-8-3-5-13(6-4-8)11(17)12-7-9(14)10(15)16/h8-9,14H,2-7H2,1H3,(H,12,17)(H,15,16)/t9-/m0/s1. The maximum Gasteiger partial charge on any atom is 0.334 e. The molecular formula is C11H20N2O5. The van der Waals surface area contributed by atoms with Gasteiger partial charge in [-0.1, -0.05) is 0 Å². The number of piperidine rings is 1. The van der Waals surface area contributed by atoms with E-state index >= 15 is 0 Å². The monoisotopic (exact) mass is 260 g/mol. The van der Waals surface area contributed by atoms with E-state index in [1.54, 1.807) is 4.90 Å². The molecule has 0 saturated carbocycles. The molecule has 7 nitrogen and oxygen atoms in total. The van der Waals surface area contributed by atoms with Gasteiger partial charge in [0.1, 0.15) is 0 Å². The Kier molecular flexibility index (Phi) is 5.87. The molecule has 104 valence electrons. The van der Waals surface area contributed by atoms with Gasteiger partial charge in [0.05, 0.1) is 12.6 Å². The molecule has 18 heavy (non-hydrogen) atoms. The van der Waals surface area contributed by atoms with Gasteiger partial charge in [0, 0.05) is 19.7 Å². The summed E-state index contributed by atoms with van der Waals surface area (Å²) in [6.45, 7) is 3.49. The third-order valence-electron chi connectivity index (χ3n) is 2.86. The van der Waals surface area contributed by atoms with Crippen LogP contribution >= 0.6 is 0 Å². The minimum absolute atomic E-state index is 0.198. The summed E-state index contributed by atoms with van der Waals surface area (Å²) in [6, 6.07) is -0.342. The molecule has 1 heterocycles. The summed E-state index contributed by atoms with van der Waals surface area (Å²) in [4.78, 5) is 23.6. The van der Waals surface area contributed by atoms with Crippen molar-refractivity contribution in [1.29, 1.82) is 0 Å². The molecule has 3 N–H and O–H groups in total. The lowest BCUT2D eigenvalue weighted by atomic mass is 10.1. The molecule has 0 aromatic carbocycles. The lowest BCUT2D eigenvalue weighted by Gasteiger charge is -2.31. The first-order valence-corrected chi connectivity index (χ1v) is 6.09. The SMILES string of the molecule is CCOC1CCN(C(=O)NC[C@H](O)C(=O)O)CC1. The Hall–Kier alpha value is -1.34. The molecule has 1 aliphatic heterocycles. The summed E-state index contributed by atoms with van der Waals surface area (Å²) in [6.07, 6.45) is 0.199. The van der Waals surface area contributed by atoms with Gasteiger partial charge in [-0.25, -0.2) is 9.59 Å². The van der Waals surface area contributed by atoms with Gasteiger partial charge in [-0.3, -0.25) is 0 Å². The van der Waals surface area contributed by atoms with Crippen LogP contribution in [0.15, 0.2) is 0 Å². The Morgan fingerprint density at radius 2 is 2.06 bits per heavy atom. The normalized spacial score (nSPS) is 18.4. The first-order valence-electron chi connectivity index (χ1n) is 6.09. The molecule has 0 aromatic rings. The van der Waals surface area contributed by atoms with Crippen molar-refractivity contribution in [3.05, 3.63) is 0 Å². The number of hydrogen-bond acceptors (Lipinski definition) is 4. The predicted octanol–water partition coefficient (Wildman–Crippen LogP) is -0.358. The number of nitrogens with one attached hydrogen (secondary N) is 1. The third-order valence-corrected chi connectivity index (χ3v) is 2.86. The van der Waals surface area contributed by atoms with Gasteiger partial charge in [-0.2, -0.15) is 0 Å². The first kappa shape index (κ1) is 14.7. The summed E-state index contributed by atoms with van der Waals surface area (Å²) in [5.41, 5.74) is 0. The molecule has 0 aromatic heterocycles. The van der Waals surface area contributed by atoms with Gasteiger partial charge in [-0.05, 0) is 19.8 Å². The number of carbonyl (C=O) groups is 2. The van der Waals surface area contributed by atoms with Crippen LogP contribution in [0.4, 0.5) is 4.79 Å². The maximum atomic E-state index is 11.7. The second-order valence-electron chi connectivity index (χ2n) is 4.18. The smallest absolute Gasteiger partial charge is 0.334 e. The highest BCUT2D eigenvalue weighted by Gasteiger charge is 2.23. The first-order chi connectivity index (χ1) is 8.54. The highest BCUT2D eigenvalue weighted by Crippen LogP contribution is 2.13. The average Bonchev–Trinajstić information content (AvgIpc) is 2.36. The largest absolute Gasteiger partial charge is 0.479 e. The highest BCUT2D eigenvalue weighted by atomic mass is 16.5. The van der Waals surface area contributed by atoms with Crippen molar-refractivity contribution in [2.24, 2.45) is 0 Å². The summed E-state index contributed by atoms with van der Waals surface area (Å²) in [5, 5.41) is 19.9. The van der Waals surface area contributed by atoms with Crippen LogP contribution in [-0.2, 0) is 9.53 Å². The van der Waals surface area contributed by atoms with Crippen molar-refractivity contribution in [3.63, 3.8) is 0 Å². The fourth-order valence-corrected chi connectivity index (χ4v) is 1.84. The number of carboxylic acid groups (broad SMARTS) is 1. The van der Waals surface area contributed by atoms with Crippen LogP contribution in [0, 0.1) is 0 Å². The third kappa shape index (κ3) is 4.50. The topological polar surface area (TPSA) is 99.1 Å². The number of hydrogen-bond donors (Lipinski definition) is 3. The average molecular weight is 260 g/mol. The van der Waals surface area contributed by atoms with Crippen molar-refractivity contribution in [3.8, 4) is 0 Å². The molecule has 1 aliphatic rings. The van der Waals surface area contributed by atoms with E-state index in [-0.39, 0.29) is 18.7 Å². The minimum atomic E-state index is -1.56. The number of likely N-dealkylation sites (tertiary alicyclic amines) is 1. The Bertz CT molecular complexity index is 289. The zero-order chi connectivity index (χ0) is 13.5. The number of carboxylic acids is 1. The van der Waals surface area contributed by atoms with Gasteiger partial charge in [0.25, 0.3) is 0 Å². The molecule has 1 rings (SSSR count). The molecule has 1 saturated heterocycles. The molecule has 0 aliphatic carbocycles. The van der Waals surface area contributed by atoms with Crippen LogP contribution in [-0.4, -0.2) is 65.6 Å². The van der Waals surface area contributed by atoms with Crippen LogP contribution < -0.4 is 5.32 Å². The number of nitrogens with zero attached hydrogens (tertiary/aromatic N) is 1. The number of amides is 2. The van der Waals surface area contributed by atoms with E-state index in [2.05, 4.69) is 5.32 Å². The second kappa shape index (κ2) is 7.17. The van der Waals surface area contributed by atoms with Gasteiger partial charge in [0.15, 0.2) is 6.10 Å². The van der Waals surface area contributed by atoms with Crippen LogP contribution in [0.3, 0.4) is 0 Å². The van der Waals surface area contributed by atoms with Crippen molar-refractivity contribution in [2.45, 2.75) is 32.0 Å². The summed E-state index contributed by atoms with van der Waals surface area (Å²) in [7, 11) is 0. The second-order valence-corrected chi connectivity index (χ2v) is 4.18. The van der Waals surface area contributed by atoms with E-state index in [0.29, 0.717) is 19.7 Å². The summed E-state index contributed by atoms with van der Waals surface area (Å²) < 4.78 is 5.46. The predicted molar refractivity (Wildman–Crippen MR) is 63.3 cm³/mol. The number of urea groups is 1. The van der Waals surface area contributed by atoms with Crippen molar-refractivity contribution >= 4 is 12.0 Å². The van der Waals surface area contributed by atoms with Gasteiger partial charge >= 0.3 is 12.0 Å². The lowest BCUT2D eigenvalue weighted by molar-refractivity contribution is -0.146. The molecule has 1 atom stereocenters. The molecule has 7 heteroatoms. The quantitative estimate of drug-likeness (QED) is 0.627. The number of ether oxygens (including phenoxy) is 1. The van der Waals surface area contributed by atoms with Crippen LogP contribution in [0.1, 0.15) is 19.8 Å². The van der Waals surface area contributed by atoms with E-state index in [4.69, 9.17) is 14.9 Å². The Morgan fingerprint density at radius 1 is 1.44 bits per heavy atom. The number of aliphatic hydroxyl groups is 1. The molecule has 0 bridgehead atoms. The number of aliphatic carboxylic acids is 1. The van der Waals surface area contributed by atoms with Crippen LogP contribution in [0.5, 0.6) is 0 Å². The van der Waals surface area contributed by atoms with Crippen LogP contribution in [0.25, 0.3) is 0 Å². The zero-order valence-electron chi connectivity index (χ0n) is 10.5. The molecule has 0 spiro atoms. The van der Waals surface area contributed by atoms with E-state index in [9.17, 15) is 9.59 Å². The molecule has 0 unspecified atom stereocenters. The molecule has 1 fully saturated rings. The minimum Gasteiger partial charge on any atom is -0.479 e. The number of carbonyl (C=O) groups excluding carboxylic acids is 1. The van der Waals surface area contributed by atoms with Gasteiger partial charge in [-0.15, -0.1) is 0 Å². The summed E-state index contributed by atoms with van der Waals surface area (Å²) >= 11 is 0. The molecular weight excluding hydrogens is 240 g/mol. The fourth-order valence-electron chi connectivity index (χ4n) is 1.84. The van der Waals surface area contributed by atoms with E-state index < -0.39 is 12.1 Å². The molecule has 2 amide bonds. The Labute approximate surface area is 106 Å². The zero-order valence-corrected chi connectivity index (χ0v) is 10.5. The number of rotatable bonds is 5. The van der Waals surface area contributed by atoms with Crippen LogP contribution in [0.2, 0.25) is 0 Å². The maximum absolute atomic E-state index is 11.7. The Morgan fingerprint density at radius 3 is 2.56 bits per heavy atom. The highest BCUT2D eigenvalue weighted by molar-refractivity contribution is 5.76. The van der Waals surface area contributed by atoms with Gasteiger partial charge < -0.3 is 25.2 Å². The van der Waals surface area contributed by atoms with Crippen molar-refractivity contribution in [1.82, 2.24) is 10.2 Å². The van der Waals surface area contributed by atoms with E-state index in [0.717, 1.165) is 12.8 Å².